The van der Waals surface area contributed by atoms with Crippen LogP contribution < -0.4 is 9.62 Å². The van der Waals surface area contributed by atoms with Gasteiger partial charge < -0.3 is 10.2 Å². The molecular formula is C28H31Cl2N3O4S. The SMILES string of the molecule is CCNC(=O)[C@H](C)N(Cc1c(Cl)cccc1Cl)C(=O)CN(c1ccccc1C)S(=O)(=O)c1ccc(C)cc1. The summed E-state index contributed by atoms with van der Waals surface area (Å²) in [5.41, 5.74) is 2.40. The molecule has 1 N–H and O–H groups in total. The minimum Gasteiger partial charge on any atom is -0.355 e. The molecule has 0 aliphatic heterocycles. The van der Waals surface area contributed by atoms with Crippen molar-refractivity contribution in [2.24, 2.45) is 0 Å². The molecule has 0 unspecified atom stereocenters. The summed E-state index contributed by atoms with van der Waals surface area (Å²) in [6, 6.07) is 17.4. The average molecular weight is 577 g/mol. The topological polar surface area (TPSA) is 86.8 Å². The molecule has 0 aromatic heterocycles. The van der Waals surface area contributed by atoms with Gasteiger partial charge in [0.25, 0.3) is 10.0 Å². The van der Waals surface area contributed by atoms with Gasteiger partial charge >= 0.3 is 0 Å². The molecule has 3 rings (SSSR count). The third-order valence-corrected chi connectivity index (χ3v) is 8.66. The van der Waals surface area contributed by atoms with E-state index in [4.69, 9.17) is 23.2 Å². The monoisotopic (exact) mass is 575 g/mol. The number of carbonyl (C=O) groups excluding carboxylic acids is 2. The molecule has 202 valence electrons. The number of amides is 2. The van der Waals surface area contributed by atoms with E-state index in [2.05, 4.69) is 5.32 Å². The molecule has 3 aromatic rings. The van der Waals surface area contributed by atoms with E-state index < -0.39 is 28.5 Å². The van der Waals surface area contributed by atoms with E-state index in [1.807, 2.05) is 6.92 Å². The van der Waals surface area contributed by atoms with Crippen LogP contribution in [0.4, 0.5) is 5.69 Å². The Morgan fingerprint density at radius 1 is 0.921 bits per heavy atom. The van der Waals surface area contributed by atoms with Crippen LogP contribution in [0, 0.1) is 13.8 Å². The fraction of sp³-hybridized carbons (Fsp3) is 0.286. The van der Waals surface area contributed by atoms with E-state index in [-0.39, 0.29) is 17.3 Å². The number of nitrogens with zero attached hydrogens (tertiary/aromatic N) is 2. The largest absolute Gasteiger partial charge is 0.355 e. The summed E-state index contributed by atoms with van der Waals surface area (Å²) in [5, 5.41) is 3.39. The molecule has 0 aliphatic carbocycles. The highest BCUT2D eigenvalue weighted by Gasteiger charge is 2.33. The van der Waals surface area contributed by atoms with E-state index in [1.165, 1.54) is 17.0 Å². The van der Waals surface area contributed by atoms with E-state index in [0.29, 0.717) is 33.4 Å². The molecule has 0 heterocycles. The van der Waals surface area contributed by atoms with Crippen molar-refractivity contribution in [2.75, 3.05) is 17.4 Å². The number of sulfonamides is 1. The van der Waals surface area contributed by atoms with Crippen LogP contribution in [0.3, 0.4) is 0 Å². The van der Waals surface area contributed by atoms with Crippen molar-refractivity contribution >= 4 is 50.7 Å². The fourth-order valence-corrected chi connectivity index (χ4v) is 5.95. The van der Waals surface area contributed by atoms with E-state index >= 15 is 0 Å². The zero-order valence-corrected chi connectivity index (χ0v) is 24.1. The summed E-state index contributed by atoms with van der Waals surface area (Å²) < 4.78 is 28.8. The smallest absolute Gasteiger partial charge is 0.264 e. The van der Waals surface area contributed by atoms with Gasteiger partial charge in [0.05, 0.1) is 10.6 Å². The Morgan fingerprint density at radius 3 is 2.11 bits per heavy atom. The summed E-state index contributed by atoms with van der Waals surface area (Å²) >= 11 is 12.8. The van der Waals surface area contributed by atoms with Crippen molar-refractivity contribution in [1.29, 1.82) is 0 Å². The second kappa shape index (κ2) is 12.7. The average Bonchev–Trinajstić information content (AvgIpc) is 2.87. The van der Waals surface area contributed by atoms with Gasteiger partial charge in [-0.05, 0) is 63.6 Å². The maximum Gasteiger partial charge on any atom is 0.264 e. The first kappa shape index (κ1) is 29.5. The Balaban J connectivity index is 2.08. The van der Waals surface area contributed by atoms with Gasteiger partial charge in [0, 0.05) is 28.7 Å². The number of likely N-dealkylation sites (N-methyl/N-ethyl adjacent to an activating group) is 1. The van der Waals surface area contributed by atoms with Crippen LogP contribution in [-0.2, 0) is 26.2 Å². The lowest BCUT2D eigenvalue weighted by atomic mass is 10.1. The summed E-state index contributed by atoms with van der Waals surface area (Å²) in [7, 11) is -4.13. The van der Waals surface area contributed by atoms with Crippen LogP contribution in [0.25, 0.3) is 0 Å². The Labute approximate surface area is 234 Å². The minimum absolute atomic E-state index is 0.0524. The van der Waals surface area contributed by atoms with Gasteiger partial charge in [0.1, 0.15) is 12.6 Å². The number of rotatable bonds is 10. The van der Waals surface area contributed by atoms with Crippen LogP contribution in [0.1, 0.15) is 30.5 Å². The van der Waals surface area contributed by atoms with Crippen LogP contribution in [0.5, 0.6) is 0 Å². The molecule has 1 atom stereocenters. The Bertz CT molecular complexity index is 1390. The summed E-state index contributed by atoms with van der Waals surface area (Å²) in [4.78, 5) is 28.1. The predicted octanol–water partition coefficient (Wildman–Crippen LogP) is 5.36. The molecule has 38 heavy (non-hydrogen) atoms. The molecule has 0 aliphatic rings. The lowest BCUT2D eigenvalue weighted by Crippen LogP contribution is -2.51. The fourth-order valence-electron chi connectivity index (χ4n) is 3.95. The summed E-state index contributed by atoms with van der Waals surface area (Å²) in [6.45, 7) is 6.75. The lowest BCUT2D eigenvalue weighted by Gasteiger charge is -2.32. The molecule has 0 bridgehead atoms. The van der Waals surface area contributed by atoms with Crippen molar-refractivity contribution < 1.29 is 18.0 Å². The summed E-state index contributed by atoms with van der Waals surface area (Å²) in [6.07, 6.45) is 0. The van der Waals surface area contributed by atoms with Gasteiger partial charge in [0.2, 0.25) is 11.8 Å². The third-order valence-electron chi connectivity index (χ3n) is 6.18. The number of halogens is 2. The standard InChI is InChI=1S/C28H31Cl2N3O4S/c1-5-31-28(35)21(4)32(17-23-24(29)10-8-11-25(23)30)27(34)18-33(26-12-7-6-9-20(26)3)38(36,37)22-15-13-19(2)14-16-22/h6-16,21H,5,17-18H2,1-4H3,(H,31,35)/t21-/m0/s1. The number of hydrogen-bond donors (Lipinski definition) is 1. The maximum atomic E-state index is 13.9. The molecule has 3 aromatic carbocycles. The van der Waals surface area contributed by atoms with Gasteiger partial charge in [-0.2, -0.15) is 0 Å². The molecule has 2 amide bonds. The number of carbonyl (C=O) groups is 2. The van der Waals surface area contributed by atoms with Crippen molar-refractivity contribution in [2.45, 2.75) is 45.2 Å². The number of anilines is 1. The molecule has 0 saturated carbocycles. The Kier molecular flexibility index (Phi) is 9.82. The van der Waals surface area contributed by atoms with Crippen LogP contribution in [0.2, 0.25) is 10.0 Å². The van der Waals surface area contributed by atoms with Crippen LogP contribution in [-0.4, -0.2) is 44.3 Å². The van der Waals surface area contributed by atoms with Gasteiger partial charge in [0.15, 0.2) is 0 Å². The zero-order chi connectivity index (χ0) is 28.0. The molecule has 10 heteroatoms. The Morgan fingerprint density at radius 2 is 1.53 bits per heavy atom. The van der Waals surface area contributed by atoms with E-state index in [1.54, 1.807) is 75.4 Å². The predicted molar refractivity (Wildman–Crippen MR) is 152 cm³/mol. The van der Waals surface area contributed by atoms with Crippen LogP contribution in [0.15, 0.2) is 71.6 Å². The first-order valence-corrected chi connectivity index (χ1v) is 14.3. The quantitative estimate of drug-likeness (QED) is 0.352. The molecule has 7 nitrogen and oxygen atoms in total. The number of para-hydroxylation sites is 1. The molecular weight excluding hydrogens is 545 g/mol. The van der Waals surface area contributed by atoms with Crippen molar-refractivity contribution in [3.63, 3.8) is 0 Å². The first-order valence-electron chi connectivity index (χ1n) is 12.1. The first-order chi connectivity index (χ1) is 18.0. The number of nitrogens with one attached hydrogen (secondary N) is 1. The van der Waals surface area contributed by atoms with Crippen molar-refractivity contribution in [3.05, 3.63) is 93.5 Å². The highest BCUT2D eigenvalue weighted by atomic mass is 35.5. The molecule has 0 radical (unpaired) electrons. The normalized spacial score (nSPS) is 12.1. The second-order valence-corrected chi connectivity index (χ2v) is 11.6. The second-order valence-electron chi connectivity index (χ2n) is 8.90. The van der Waals surface area contributed by atoms with E-state index in [0.717, 1.165) is 9.87 Å². The summed E-state index contributed by atoms with van der Waals surface area (Å²) in [5.74, 6) is -0.966. The molecule has 0 spiro atoms. The number of benzene rings is 3. The molecule has 0 saturated heterocycles. The highest BCUT2D eigenvalue weighted by molar-refractivity contribution is 7.92. The number of hydrogen-bond acceptors (Lipinski definition) is 4. The third kappa shape index (κ3) is 6.67. The van der Waals surface area contributed by atoms with E-state index in [9.17, 15) is 18.0 Å². The molecule has 0 fully saturated rings. The van der Waals surface area contributed by atoms with Gasteiger partial charge in [-0.25, -0.2) is 8.42 Å². The van der Waals surface area contributed by atoms with Crippen molar-refractivity contribution in [3.8, 4) is 0 Å². The van der Waals surface area contributed by atoms with Crippen molar-refractivity contribution in [1.82, 2.24) is 10.2 Å². The Hall–Kier alpha value is -3.07. The minimum atomic E-state index is -4.13. The van der Waals surface area contributed by atoms with Gasteiger partial charge in [-0.3, -0.25) is 13.9 Å². The zero-order valence-electron chi connectivity index (χ0n) is 21.7. The lowest BCUT2D eigenvalue weighted by molar-refractivity contribution is -0.139. The number of aryl methyl sites for hydroxylation is 2. The maximum absolute atomic E-state index is 13.9. The van der Waals surface area contributed by atoms with Gasteiger partial charge in [-0.1, -0.05) is 65.2 Å². The van der Waals surface area contributed by atoms with Crippen LogP contribution >= 0.6 is 23.2 Å². The highest BCUT2D eigenvalue weighted by Crippen LogP contribution is 2.29. The van der Waals surface area contributed by atoms with Gasteiger partial charge in [-0.15, -0.1) is 0 Å².